The number of hydrogen-bond acceptors (Lipinski definition) is 4. The molecule has 2 fully saturated rings. The molecule has 2 aliphatic heterocycles. The average molecular weight is 471 g/mol. The van der Waals surface area contributed by atoms with Gasteiger partial charge in [-0.25, -0.2) is 0 Å². The fraction of sp³-hybridized carbons (Fsp3) is 0.429. The van der Waals surface area contributed by atoms with Crippen LogP contribution in [0.1, 0.15) is 40.9 Å². The van der Waals surface area contributed by atoms with Gasteiger partial charge >= 0.3 is 0 Å². The van der Waals surface area contributed by atoms with Gasteiger partial charge in [-0.05, 0) is 62.9 Å². The van der Waals surface area contributed by atoms with E-state index in [0.717, 1.165) is 80.8 Å². The van der Waals surface area contributed by atoms with Crippen molar-refractivity contribution in [2.75, 3.05) is 44.2 Å². The van der Waals surface area contributed by atoms with E-state index in [1.54, 1.807) is 0 Å². The van der Waals surface area contributed by atoms with Crippen LogP contribution in [0, 0.1) is 13.8 Å². The minimum absolute atomic E-state index is 0.145. The Hall–Kier alpha value is -3.32. The lowest BCUT2D eigenvalue weighted by Gasteiger charge is -2.36. The number of H-pyrrole nitrogens is 2. The van der Waals surface area contributed by atoms with Crippen molar-refractivity contribution in [1.82, 2.24) is 25.0 Å². The van der Waals surface area contributed by atoms with E-state index in [1.807, 2.05) is 6.07 Å². The molecule has 0 saturated carbocycles. The van der Waals surface area contributed by atoms with Crippen LogP contribution in [-0.2, 0) is 0 Å². The molecule has 35 heavy (non-hydrogen) atoms. The molecule has 0 unspecified atom stereocenters. The summed E-state index contributed by atoms with van der Waals surface area (Å²) in [7, 11) is 0. The zero-order chi connectivity index (χ0) is 23.9. The van der Waals surface area contributed by atoms with Crippen molar-refractivity contribution < 1.29 is 4.79 Å². The molecule has 7 nitrogen and oxygen atoms in total. The van der Waals surface area contributed by atoms with E-state index in [0.29, 0.717) is 11.7 Å². The number of piperazine rings is 1. The first-order chi connectivity index (χ1) is 17.0. The summed E-state index contributed by atoms with van der Waals surface area (Å²) in [5, 5.41) is 10.1. The number of aromatic nitrogens is 3. The molecule has 2 aromatic heterocycles. The van der Waals surface area contributed by atoms with E-state index in [9.17, 15) is 4.79 Å². The lowest BCUT2D eigenvalue weighted by Crippen LogP contribution is -2.48. The molecule has 6 rings (SSSR count). The van der Waals surface area contributed by atoms with Crippen molar-refractivity contribution in [3.8, 4) is 0 Å². The molecule has 0 spiro atoms. The molecule has 4 heterocycles. The fourth-order valence-electron chi connectivity index (χ4n) is 5.78. The summed E-state index contributed by atoms with van der Waals surface area (Å²) in [5.74, 6) is 1.22. The second-order valence-electron chi connectivity index (χ2n) is 10.3. The molecular weight excluding hydrogens is 436 g/mol. The zero-order valence-electron chi connectivity index (χ0n) is 20.7. The minimum Gasteiger partial charge on any atom is -0.352 e. The maximum atomic E-state index is 13.3. The second kappa shape index (κ2) is 9.04. The van der Waals surface area contributed by atoms with Crippen molar-refractivity contribution in [1.29, 1.82) is 0 Å². The summed E-state index contributed by atoms with van der Waals surface area (Å²) < 4.78 is 0. The number of rotatable bonds is 5. The molecule has 0 bridgehead atoms. The van der Waals surface area contributed by atoms with Crippen LogP contribution in [0.25, 0.3) is 21.8 Å². The number of aromatic amines is 2. The van der Waals surface area contributed by atoms with E-state index >= 15 is 0 Å². The first-order valence-electron chi connectivity index (χ1n) is 12.9. The summed E-state index contributed by atoms with van der Waals surface area (Å²) in [6.07, 6.45) is 3.23. The van der Waals surface area contributed by atoms with Crippen molar-refractivity contribution in [3.63, 3.8) is 0 Å². The lowest BCUT2D eigenvalue weighted by atomic mass is 10.1. The fourth-order valence-corrected chi connectivity index (χ4v) is 5.78. The number of fused-ring (bicyclic) bond motifs is 2. The Morgan fingerprint density at radius 3 is 2.63 bits per heavy atom. The van der Waals surface area contributed by atoms with Gasteiger partial charge < -0.3 is 14.8 Å². The molecule has 2 N–H and O–H groups in total. The van der Waals surface area contributed by atoms with Gasteiger partial charge in [-0.1, -0.05) is 23.8 Å². The SMILES string of the molecule is Cc1ccc2cc(C(=O)N3CCC[C@H]3CCN3CCN(c4n[nH]c5ccc(C)cc45)CC3)[nH]c2c1. The van der Waals surface area contributed by atoms with Gasteiger partial charge in [0, 0.05) is 61.6 Å². The Balaban J connectivity index is 1.06. The third-order valence-corrected chi connectivity index (χ3v) is 7.79. The molecular formula is C28H34N6O. The molecule has 2 aliphatic rings. The highest BCUT2D eigenvalue weighted by atomic mass is 16.2. The molecule has 2 aromatic carbocycles. The minimum atomic E-state index is 0.145. The third-order valence-electron chi connectivity index (χ3n) is 7.79. The molecule has 0 aliphatic carbocycles. The second-order valence-corrected chi connectivity index (χ2v) is 10.3. The van der Waals surface area contributed by atoms with Gasteiger partial charge in [0.05, 0.1) is 5.52 Å². The maximum Gasteiger partial charge on any atom is 0.270 e. The van der Waals surface area contributed by atoms with E-state index in [-0.39, 0.29) is 5.91 Å². The van der Waals surface area contributed by atoms with Gasteiger partial charge in [0.1, 0.15) is 5.69 Å². The van der Waals surface area contributed by atoms with Gasteiger partial charge in [0.2, 0.25) is 0 Å². The highest BCUT2D eigenvalue weighted by molar-refractivity contribution is 5.98. The average Bonchev–Trinajstić information content (AvgIpc) is 3.60. The molecule has 1 amide bonds. The Kier molecular flexibility index (Phi) is 5.72. The number of benzene rings is 2. The molecule has 182 valence electrons. The first kappa shape index (κ1) is 22.2. The number of aryl methyl sites for hydroxylation is 2. The summed E-state index contributed by atoms with van der Waals surface area (Å²) in [6, 6.07) is 15.1. The number of amides is 1. The maximum absolute atomic E-state index is 13.3. The first-order valence-corrected chi connectivity index (χ1v) is 12.9. The van der Waals surface area contributed by atoms with Crippen LogP contribution in [0.4, 0.5) is 5.82 Å². The van der Waals surface area contributed by atoms with Gasteiger partial charge in [-0.3, -0.25) is 14.8 Å². The van der Waals surface area contributed by atoms with E-state index in [4.69, 9.17) is 0 Å². The van der Waals surface area contributed by atoms with Crippen LogP contribution in [0.2, 0.25) is 0 Å². The number of anilines is 1. The predicted molar refractivity (Wildman–Crippen MR) is 141 cm³/mol. The van der Waals surface area contributed by atoms with Crippen LogP contribution in [0.15, 0.2) is 42.5 Å². The van der Waals surface area contributed by atoms with E-state index in [2.05, 4.69) is 80.1 Å². The summed E-state index contributed by atoms with van der Waals surface area (Å²) in [5.41, 5.74) is 5.32. The lowest BCUT2D eigenvalue weighted by molar-refractivity contribution is 0.0715. The molecule has 0 radical (unpaired) electrons. The Bertz CT molecular complexity index is 1360. The third kappa shape index (κ3) is 4.29. The zero-order valence-corrected chi connectivity index (χ0v) is 20.7. The van der Waals surface area contributed by atoms with Crippen LogP contribution < -0.4 is 4.90 Å². The number of carbonyl (C=O) groups is 1. The van der Waals surface area contributed by atoms with Crippen LogP contribution in [0.5, 0.6) is 0 Å². The molecule has 7 heteroatoms. The van der Waals surface area contributed by atoms with Crippen LogP contribution in [0.3, 0.4) is 0 Å². The highest BCUT2D eigenvalue weighted by Crippen LogP contribution is 2.27. The smallest absolute Gasteiger partial charge is 0.270 e. The normalized spacial score (nSPS) is 19.3. The number of likely N-dealkylation sites (tertiary alicyclic amines) is 1. The van der Waals surface area contributed by atoms with Crippen molar-refractivity contribution >= 4 is 33.5 Å². The highest BCUT2D eigenvalue weighted by Gasteiger charge is 2.31. The van der Waals surface area contributed by atoms with Crippen molar-refractivity contribution in [3.05, 3.63) is 59.3 Å². The van der Waals surface area contributed by atoms with Gasteiger partial charge in [-0.15, -0.1) is 0 Å². The van der Waals surface area contributed by atoms with Crippen molar-refractivity contribution in [2.45, 2.75) is 39.2 Å². The van der Waals surface area contributed by atoms with Gasteiger partial charge in [-0.2, -0.15) is 5.10 Å². The van der Waals surface area contributed by atoms with E-state index in [1.165, 1.54) is 16.5 Å². The largest absolute Gasteiger partial charge is 0.352 e. The van der Waals surface area contributed by atoms with Gasteiger partial charge in [0.15, 0.2) is 5.82 Å². The Morgan fingerprint density at radius 2 is 1.77 bits per heavy atom. The predicted octanol–water partition coefficient (Wildman–Crippen LogP) is 4.48. The Labute approximate surface area is 206 Å². The van der Waals surface area contributed by atoms with Crippen LogP contribution in [-0.4, -0.2) is 76.2 Å². The summed E-state index contributed by atoms with van der Waals surface area (Å²) in [4.78, 5) is 23.7. The standard InChI is InChI=1S/C28H34N6O/c1-19-6-8-24-23(16-19)27(31-30-24)33-14-12-32(13-15-33)11-9-22-4-3-10-34(22)28(35)26-18-21-7-5-20(2)17-25(21)29-26/h5-8,16-18,22,29H,3-4,9-15H2,1-2H3,(H,30,31)/t22-/m0/s1. The number of hydrogen-bond donors (Lipinski definition) is 2. The number of nitrogens with zero attached hydrogens (tertiary/aromatic N) is 4. The monoisotopic (exact) mass is 470 g/mol. The molecule has 4 aromatic rings. The quantitative estimate of drug-likeness (QED) is 0.451. The van der Waals surface area contributed by atoms with Crippen molar-refractivity contribution in [2.24, 2.45) is 0 Å². The summed E-state index contributed by atoms with van der Waals surface area (Å²) in [6.45, 7) is 10.1. The number of nitrogens with one attached hydrogen (secondary N) is 2. The molecule has 2 saturated heterocycles. The number of carbonyl (C=O) groups excluding carboxylic acids is 1. The topological polar surface area (TPSA) is 71.3 Å². The molecule has 1 atom stereocenters. The Morgan fingerprint density at radius 1 is 0.971 bits per heavy atom. The van der Waals surface area contributed by atoms with E-state index < -0.39 is 0 Å². The summed E-state index contributed by atoms with van der Waals surface area (Å²) >= 11 is 0. The van der Waals surface area contributed by atoms with Gasteiger partial charge in [0.25, 0.3) is 5.91 Å². The van der Waals surface area contributed by atoms with Crippen LogP contribution >= 0.6 is 0 Å².